The molecule has 2 aliphatic rings. The summed E-state index contributed by atoms with van der Waals surface area (Å²) in [5, 5.41) is 2.74. The Morgan fingerprint density at radius 1 is 1.37 bits per heavy atom. The van der Waals surface area contributed by atoms with Crippen LogP contribution >= 0.6 is 0 Å². The Labute approximate surface area is 114 Å². The van der Waals surface area contributed by atoms with Gasteiger partial charge in [-0.1, -0.05) is 6.92 Å². The molecule has 2 fully saturated rings. The van der Waals surface area contributed by atoms with E-state index in [-0.39, 0.29) is 24.0 Å². The summed E-state index contributed by atoms with van der Waals surface area (Å²) in [6.45, 7) is 5.14. The fourth-order valence-corrected chi connectivity index (χ4v) is 2.91. The number of nitrogens with one attached hydrogen (secondary N) is 1. The molecule has 2 aliphatic heterocycles. The normalized spacial score (nSPS) is 32.3. The van der Waals surface area contributed by atoms with Gasteiger partial charge in [0.05, 0.1) is 6.10 Å². The Bertz CT molecular complexity index is 340. The van der Waals surface area contributed by atoms with Gasteiger partial charge in [0.25, 0.3) is 0 Å². The molecule has 2 rings (SSSR count). The molecule has 19 heavy (non-hydrogen) atoms. The van der Waals surface area contributed by atoms with E-state index in [1.165, 1.54) is 6.42 Å². The van der Waals surface area contributed by atoms with Crippen LogP contribution in [0.4, 0.5) is 0 Å². The fraction of sp³-hybridized carbons (Fsp3) is 0.857. The first-order chi connectivity index (χ1) is 9.13. The fourth-order valence-electron chi connectivity index (χ4n) is 2.91. The Morgan fingerprint density at radius 2 is 2.16 bits per heavy atom. The van der Waals surface area contributed by atoms with Gasteiger partial charge in [-0.25, -0.2) is 0 Å². The maximum atomic E-state index is 12.2. The number of hydrogen-bond donors (Lipinski definition) is 1. The van der Waals surface area contributed by atoms with Crippen LogP contribution in [0.2, 0.25) is 0 Å². The third-order valence-electron chi connectivity index (χ3n) is 4.04. The molecule has 0 saturated carbocycles. The van der Waals surface area contributed by atoms with Crippen molar-refractivity contribution in [1.29, 1.82) is 0 Å². The van der Waals surface area contributed by atoms with Crippen LogP contribution in [0.5, 0.6) is 0 Å². The minimum absolute atomic E-state index is 0.0286. The lowest BCUT2D eigenvalue weighted by atomic mass is 10.0. The van der Waals surface area contributed by atoms with E-state index < -0.39 is 6.04 Å². The van der Waals surface area contributed by atoms with Crippen LogP contribution in [-0.4, -0.2) is 48.1 Å². The second-order valence-corrected chi connectivity index (χ2v) is 5.46. The molecule has 2 amide bonds. The molecule has 2 heterocycles. The van der Waals surface area contributed by atoms with Crippen LogP contribution in [0, 0.1) is 0 Å². The quantitative estimate of drug-likeness (QED) is 0.829. The van der Waals surface area contributed by atoms with Crippen LogP contribution in [-0.2, 0) is 14.3 Å². The van der Waals surface area contributed by atoms with Crippen LogP contribution < -0.4 is 5.32 Å². The predicted octanol–water partition coefficient (Wildman–Crippen LogP) is 1.07. The number of carbonyl (C=O) groups excluding carboxylic acids is 2. The molecule has 1 N–H and O–H groups in total. The van der Waals surface area contributed by atoms with Gasteiger partial charge in [0.2, 0.25) is 11.8 Å². The van der Waals surface area contributed by atoms with Crippen molar-refractivity contribution in [2.75, 3.05) is 13.2 Å². The Morgan fingerprint density at radius 3 is 2.79 bits per heavy atom. The molecule has 5 heteroatoms. The highest BCUT2D eigenvalue weighted by Crippen LogP contribution is 2.19. The molecule has 3 unspecified atom stereocenters. The SMILES string of the molecule is CCC1C(=O)NC(C)C(=O)N1CCC1CCCCO1. The zero-order chi connectivity index (χ0) is 13.8. The first kappa shape index (κ1) is 14.3. The lowest BCUT2D eigenvalue weighted by molar-refractivity contribution is -0.149. The predicted molar refractivity (Wildman–Crippen MR) is 71.6 cm³/mol. The smallest absolute Gasteiger partial charge is 0.245 e. The minimum Gasteiger partial charge on any atom is -0.378 e. The number of amides is 2. The summed E-state index contributed by atoms with van der Waals surface area (Å²) in [5.74, 6) is 0.00132. The van der Waals surface area contributed by atoms with E-state index in [0.717, 1.165) is 25.9 Å². The zero-order valence-electron chi connectivity index (χ0n) is 11.9. The molecule has 0 aromatic heterocycles. The molecule has 0 aromatic rings. The molecule has 2 saturated heterocycles. The van der Waals surface area contributed by atoms with Crippen molar-refractivity contribution in [3.63, 3.8) is 0 Å². The molecule has 0 aliphatic carbocycles. The molecular weight excluding hydrogens is 244 g/mol. The average molecular weight is 268 g/mol. The first-order valence-corrected chi connectivity index (χ1v) is 7.36. The van der Waals surface area contributed by atoms with Crippen molar-refractivity contribution in [3.05, 3.63) is 0 Å². The maximum absolute atomic E-state index is 12.2. The van der Waals surface area contributed by atoms with Crippen LogP contribution in [0.25, 0.3) is 0 Å². The van der Waals surface area contributed by atoms with Crippen LogP contribution in [0.3, 0.4) is 0 Å². The standard InChI is InChI=1S/C14H24N2O3/c1-3-12-13(17)15-10(2)14(18)16(12)8-7-11-6-4-5-9-19-11/h10-12H,3-9H2,1-2H3,(H,15,17). The second-order valence-electron chi connectivity index (χ2n) is 5.46. The number of carbonyl (C=O) groups is 2. The van der Waals surface area contributed by atoms with Crippen molar-refractivity contribution in [2.24, 2.45) is 0 Å². The van der Waals surface area contributed by atoms with E-state index in [0.29, 0.717) is 13.0 Å². The van der Waals surface area contributed by atoms with Gasteiger partial charge in [0.15, 0.2) is 0 Å². The number of rotatable bonds is 4. The van der Waals surface area contributed by atoms with Crippen LogP contribution in [0.15, 0.2) is 0 Å². The average Bonchev–Trinajstić information content (AvgIpc) is 2.42. The molecule has 5 nitrogen and oxygen atoms in total. The molecule has 0 spiro atoms. The Balaban J connectivity index is 1.94. The van der Waals surface area contributed by atoms with E-state index in [2.05, 4.69) is 5.32 Å². The first-order valence-electron chi connectivity index (χ1n) is 7.36. The highest BCUT2D eigenvalue weighted by molar-refractivity contribution is 5.96. The van der Waals surface area contributed by atoms with E-state index in [9.17, 15) is 9.59 Å². The summed E-state index contributed by atoms with van der Waals surface area (Å²) in [5.41, 5.74) is 0. The number of ether oxygens (including phenoxy) is 1. The third-order valence-corrected chi connectivity index (χ3v) is 4.04. The summed E-state index contributed by atoms with van der Waals surface area (Å²) < 4.78 is 5.69. The van der Waals surface area contributed by atoms with Gasteiger partial charge >= 0.3 is 0 Å². The summed E-state index contributed by atoms with van der Waals surface area (Å²) in [6.07, 6.45) is 5.15. The number of nitrogens with zero attached hydrogens (tertiary/aromatic N) is 1. The van der Waals surface area contributed by atoms with Crippen molar-refractivity contribution >= 4 is 11.8 Å². The number of hydrogen-bond acceptors (Lipinski definition) is 3. The second kappa shape index (κ2) is 6.37. The molecular formula is C14H24N2O3. The van der Waals surface area contributed by atoms with Gasteiger partial charge in [0, 0.05) is 13.2 Å². The molecule has 0 aromatic carbocycles. The Kier molecular flexibility index (Phi) is 4.80. The zero-order valence-corrected chi connectivity index (χ0v) is 11.9. The van der Waals surface area contributed by atoms with Gasteiger partial charge in [-0.3, -0.25) is 9.59 Å². The van der Waals surface area contributed by atoms with E-state index in [1.54, 1.807) is 11.8 Å². The topological polar surface area (TPSA) is 58.6 Å². The molecule has 0 bridgehead atoms. The highest BCUT2D eigenvalue weighted by atomic mass is 16.5. The van der Waals surface area contributed by atoms with Crippen molar-refractivity contribution < 1.29 is 14.3 Å². The highest BCUT2D eigenvalue weighted by Gasteiger charge is 2.37. The molecule has 3 atom stereocenters. The number of piperazine rings is 1. The monoisotopic (exact) mass is 268 g/mol. The summed E-state index contributed by atoms with van der Waals surface area (Å²) in [7, 11) is 0. The lowest BCUT2D eigenvalue weighted by Gasteiger charge is -2.38. The summed E-state index contributed by atoms with van der Waals surface area (Å²) in [4.78, 5) is 25.8. The molecule has 108 valence electrons. The van der Waals surface area contributed by atoms with Crippen molar-refractivity contribution in [1.82, 2.24) is 10.2 Å². The van der Waals surface area contributed by atoms with Crippen molar-refractivity contribution in [2.45, 2.75) is 64.1 Å². The van der Waals surface area contributed by atoms with E-state index in [4.69, 9.17) is 4.74 Å². The van der Waals surface area contributed by atoms with Crippen LogP contribution in [0.1, 0.15) is 46.0 Å². The Hall–Kier alpha value is -1.10. The van der Waals surface area contributed by atoms with Gasteiger partial charge in [-0.2, -0.15) is 0 Å². The lowest BCUT2D eigenvalue weighted by Crippen LogP contribution is -2.62. The third kappa shape index (κ3) is 3.26. The van der Waals surface area contributed by atoms with Gasteiger partial charge in [0.1, 0.15) is 12.1 Å². The maximum Gasteiger partial charge on any atom is 0.245 e. The van der Waals surface area contributed by atoms with E-state index in [1.807, 2.05) is 6.92 Å². The molecule has 0 radical (unpaired) electrons. The van der Waals surface area contributed by atoms with Gasteiger partial charge in [-0.05, 0) is 39.0 Å². The summed E-state index contributed by atoms with van der Waals surface area (Å²) in [6, 6.07) is -0.713. The minimum atomic E-state index is -0.400. The van der Waals surface area contributed by atoms with Crippen molar-refractivity contribution in [3.8, 4) is 0 Å². The van der Waals surface area contributed by atoms with Gasteiger partial charge in [-0.15, -0.1) is 0 Å². The largest absolute Gasteiger partial charge is 0.378 e. The van der Waals surface area contributed by atoms with E-state index >= 15 is 0 Å². The van der Waals surface area contributed by atoms with Gasteiger partial charge < -0.3 is 15.0 Å². The summed E-state index contributed by atoms with van der Waals surface area (Å²) >= 11 is 0.